The van der Waals surface area contributed by atoms with Crippen molar-refractivity contribution >= 4 is 0 Å². The van der Waals surface area contributed by atoms with Crippen LogP contribution in [0.5, 0.6) is 0 Å². The zero-order chi connectivity index (χ0) is 14.8. The number of rotatable bonds is 4. The lowest BCUT2D eigenvalue weighted by Gasteiger charge is -2.41. The van der Waals surface area contributed by atoms with Crippen LogP contribution in [-0.2, 0) is 9.47 Å². The number of likely N-dealkylation sites (N-methyl/N-ethyl adjacent to an activating group) is 1. The Hall–Kier alpha value is -0.120. The molecule has 118 valence electrons. The largest absolute Gasteiger partial charge is 0.346 e. The summed E-state index contributed by atoms with van der Waals surface area (Å²) in [6, 6.07) is 0. The second-order valence-corrected chi connectivity index (χ2v) is 7.56. The van der Waals surface area contributed by atoms with Gasteiger partial charge in [0.2, 0.25) is 0 Å². The van der Waals surface area contributed by atoms with Gasteiger partial charge in [0.05, 0.1) is 6.61 Å². The number of nitrogens with zero attached hydrogens (tertiary/aromatic N) is 1. The van der Waals surface area contributed by atoms with E-state index in [0.717, 1.165) is 38.5 Å². The first kappa shape index (κ1) is 16.3. The van der Waals surface area contributed by atoms with E-state index in [-0.39, 0.29) is 12.0 Å². The molecule has 1 aliphatic heterocycles. The van der Waals surface area contributed by atoms with Crippen molar-refractivity contribution in [3.8, 4) is 0 Å². The Morgan fingerprint density at radius 3 is 2.30 bits per heavy atom. The minimum absolute atomic E-state index is 0.172. The van der Waals surface area contributed by atoms with Gasteiger partial charge in [0.1, 0.15) is 6.23 Å². The normalized spacial score (nSPS) is 35.1. The summed E-state index contributed by atoms with van der Waals surface area (Å²) >= 11 is 0. The second kappa shape index (κ2) is 6.33. The van der Waals surface area contributed by atoms with E-state index in [1.807, 2.05) is 0 Å². The van der Waals surface area contributed by atoms with E-state index in [4.69, 9.17) is 9.47 Å². The topological polar surface area (TPSA) is 21.7 Å². The van der Waals surface area contributed by atoms with Crippen molar-refractivity contribution in [1.82, 2.24) is 4.90 Å². The highest BCUT2D eigenvalue weighted by molar-refractivity contribution is 4.88. The minimum atomic E-state index is -0.270. The summed E-state index contributed by atoms with van der Waals surface area (Å²) in [5, 5.41) is 0. The summed E-state index contributed by atoms with van der Waals surface area (Å²) in [6.45, 7) is 14.4. The molecule has 1 atom stereocenters. The van der Waals surface area contributed by atoms with Crippen molar-refractivity contribution in [2.24, 2.45) is 11.3 Å². The molecule has 2 aliphatic rings. The average Bonchev–Trinajstić information content (AvgIpc) is 2.79. The van der Waals surface area contributed by atoms with Crippen LogP contribution >= 0.6 is 0 Å². The Bertz CT molecular complexity index is 303. The lowest BCUT2D eigenvalue weighted by atomic mass is 9.71. The van der Waals surface area contributed by atoms with E-state index >= 15 is 0 Å². The molecule has 0 radical (unpaired) electrons. The fourth-order valence-electron chi connectivity index (χ4n) is 3.70. The molecule has 1 spiro atoms. The van der Waals surface area contributed by atoms with Crippen LogP contribution in [0.15, 0.2) is 0 Å². The summed E-state index contributed by atoms with van der Waals surface area (Å²) < 4.78 is 12.5. The van der Waals surface area contributed by atoms with Gasteiger partial charge in [-0.2, -0.15) is 0 Å². The van der Waals surface area contributed by atoms with E-state index < -0.39 is 0 Å². The summed E-state index contributed by atoms with van der Waals surface area (Å²) in [5.74, 6) is 0.533. The average molecular weight is 283 g/mol. The van der Waals surface area contributed by atoms with Gasteiger partial charge in [-0.1, -0.05) is 34.6 Å². The van der Waals surface area contributed by atoms with E-state index in [0.29, 0.717) is 5.41 Å². The lowest BCUT2D eigenvalue weighted by molar-refractivity contribution is -0.210. The number of ether oxygens (including phenoxy) is 2. The molecular formula is C17H33NO2. The maximum Gasteiger partial charge on any atom is 0.170 e. The molecule has 3 heteroatoms. The number of hydrogen-bond acceptors (Lipinski definition) is 3. The molecule has 0 aromatic carbocycles. The Morgan fingerprint density at radius 1 is 1.15 bits per heavy atom. The molecule has 3 nitrogen and oxygen atoms in total. The predicted molar refractivity (Wildman–Crippen MR) is 82.5 cm³/mol. The molecule has 0 N–H and O–H groups in total. The van der Waals surface area contributed by atoms with Gasteiger partial charge in [0.25, 0.3) is 0 Å². The van der Waals surface area contributed by atoms with Gasteiger partial charge in [-0.25, -0.2) is 0 Å². The molecule has 0 aromatic heterocycles. The van der Waals surface area contributed by atoms with Crippen molar-refractivity contribution < 1.29 is 9.47 Å². The predicted octanol–water partition coefficient (Wildman–Crippen LogP) is 4.02. The van der Waals surface area contributed by atoms with Crippen LogP contribution in [0.25, 0.3) is 0 Å². The molecule has 2 fully saturated rings. The van der Waals surface area contributed by atoms with E-state index in [9.17, 15) is 0 Å². The molecule has 0 aromatic rings. The van der Waals surface area contributed by atoms with Gasteiger partial charge in [-0.05, 0) is 37.1 Å². The summed E-state index contributed by atoms with van der Waals surface area (Å²) in [6.07, 6.45) is 5.94. The molecule has 2 rings (SSSR count). The standard InChI is InChI=1S/C17H33NO2/c1-6-12-18(7-2)15-13-19-17(20-15)10-8-14(9-11-17)16(3,4)5/h14-15H,6-13H2,1-5H3. The van der Waals surface area contributed by atoms with E-state index in [2.05, 4.69) is 39.5 Å². The van der Waals surface area contributed by atoms with Crippen LogP contribution in [0.1, 0.15) is 66.7 Å². The van der Waals surface area contributed by atoms with Crippen molar-refractivity contribution in [2.45, 2.75) is 78.7 Å². The lowest BCUT2D eigenvalue weighted by Crippen LogP contribution is -2.42. The Kier molecular flexibility index (Phi) is 5.14. The first-order valence-electron chi connectivity index (χ1n) is 8.46. The van der Waals surface area contributed by atoms with Gasteiger partial charge in [-0.3, -0.25) is 4.90 Å². The molecule has 1 aliphatic carbocycles. The Morgan fingerprint density at radius 2 is 1.80 bits per heavy atom. The van der Waals surface area contributed by atoms with Gasteiger partial charge in [0, 0.05) is 19.4 Å². The molecule has 1 saturated heterocycles. The molecular weight excluding hydrogens is 250 g/mol. The van der Waals surface area contributed by atoms with Gasteiger partial charge in [0.15, 0.2) is 5.79 Å². The van der Waals surface area contributed by atoms with E-state index in [1.54, 1.807) is 0 Å². The van der Waals surface area contributed by atoms with Crippen molar-refractivity contribution in [3.05, 3.63) is 0 Å². The maximum atomic E-state index is 6.36. The third-order valence-electron chi connectivity index (χ3n) is 5.14. The van der Waals surface area contributed by atoms with Crippen LogP contribution in [0.3, 0.4) is 0 Å². The van der Waals surface area contributed by atoms with Crippen molar-refractivity contribution in [1.29, 1.82) is 0 Å². The molecule has 0 bridgehead atoms. The Labute approximate surface area is 125 Å². The first-order valence-corrected chi connectivity index (χ1v) is 8.46. The van der Waals surface area contributed by atoms with Crippen LogP contribution in [-0.4, -0.2) is 36.6 Å². The molecule has 1 heterocycles. The van der Waals surface area contributed by atoms with Crippen LogP contribution < -0.4 is 0 Å². The van der Waals surface area contributed by atoms with Crippen LogP contribution in [0.4, 0.5) is 0 Å². The zero-order valence-electron chi connectivity index (χ0n) is 14.1. The van der Waals surface area contributed by atoms with Crippen LogP contribution in [0, 0.1) is 11.3 Å². The van der Waals surface area contributed by atoms with Gasteiger partial charge >= 0.3 is 0 Å². The molecule has 0 amide bonds. The fraction of sp³-hybridized carbons (Fsp3) is 1.00. The highest BCUT2D eigenvalue weighted by atomic mass is 16.8. The highest BCUT2D eigenvalue weighted by Gasteiger charge is 2.46. The number of hydrogen-bond donors (Lipinski definition) is 0. The zero-order valence-corrected chi connectivity index (χ0v) is 14.1. The van der Waals surface area contributed by atoms with E-state index in [1.165, 1.54) is 19.3 Å². The van der Waals surface area contributed by atoms with Gasteiger partial charge < -0.3 is 9.47 Å². The van der Waals surface area contributed by atoms with Crippen LogP contribution in [0.2, 0.25) is 0 Å². The smallest absolute Gasteiger partial charge is 0.170 e. The quantitative estimate of drug-likeness (QED) is 0.777. The molecule has 20 heavy (non-hydrogen) atoms. The summed E-state index contributed by atoms with van der Waals surface area (Å²) in [7, 11) is 0. The molecule has 1 unspecified atom stereocenters. The van der Waals surface area contributed by atoms with Crippen molar-refractivity contribution in [2.75, 3.05) is 19.7 Å². The molecule has 1 saturated carbocycles. The monoisotopic (exact) mass is 283 g/mol. The Balaban J connectivity index is 1.89. The summed E-state index contributed by atoms with van der Waals surface area (Å²) in [5.41, 5.74) is 0.414. The highest BCUT2D eigenvalue weighted by Crippen LogP contribution is 2.45. The van der Waals surface area contributed by atoms with Gasteiger partial charge in [-0.15, -0.1) is 0 Å². The first-order chi connectivity index (χ1) is 9.40. The maximum absolute atomic E-state index is 6.36. The minimum Gasteiger partial charge on any atom is -0.346 e. The third-order valence-corrected chi connectivity index (χ3v) is 5.14. The third kappa shape index (κ3) is 3.55. The fourth-order valence-corrected chi connectivity index (χ4v) is 3.70. The van der Waals surface area contributed by atoms with Crippen molar-refractivity contribution in [3.63, 3.8) is 0 Å². The summed E-state index contributed by atoms with van der Waals surface area (Å²) in [4.78, 5) is 2.41. The SMILES string of the molecule is CCCN(CC)C1COC2(CCC(C(C)(C)C)CC2)O1. The second-order valence-electron chi connectivity index (χ2n) is 7.56.